The van der Waals surface area contributed by atoms with Crippen LogP contribution in [0.4, 0.5) is 0 Å². The van der Waals surface area contributed by atoms with E-state index in [1.165, 1.54) is 38.5 Å². The van der Waals surface area contributed by atoms with Crippen molar-refractivity contribution in [2.75, 3.05) is 13.2 Å². The van der Waals surface area contributed by atoms with Gasteiger partial charge in [-0.05, 0) is 43.4 Å². The molecule has 13 heavy (non-hydrogen) atoms. The molecule has 0 N–H and O–H groups in total. The third-order valence-corrected chi connectivity index (χ3v) is 3.86. The van der Waals surface area contributed by atoms with Gasteiger partial charge < -0.3 is 4.74 Å². The number of hydrogen-bond donors (Lipinski definition) is 0. The van der Waals surface area contributed by atoms with E-state index in [1.807, 2.05) is 0 Å². The van der Waals surface area contributed by atoms with Gasteiger partial charge in [0.05, 0.1) is 0 Å². The van der Waals surface area contributed by atoms with Gasteiger partial charge in [0.2, 0.25) is 0 Å². The lowest BCUT2D eigenvalue weighted by atomic mass is 9.90. The first-order valence-electron chi connectivity index (χ1n) is 5.98. The normalized spacial score (nSPS) is 37.2. The van der Waals surface area contributed by atoms with Crippen LogP contribution in [0.3, 0.4) is 0 Å². The van der Waals surface area contributed by atoms with E-state index in [0.717, 1.165) is 31.0 Å². The van der Waals surface area contributed by atoms with Gasteiger partial charge >= 0.3 is 0 Å². The minimum Gasteiger partial charge on any atom is -0.381 e. The highest BCUT2D eigenvalue weighted by molar-refractivity contribution is 4.89. The molecule has 0 aromatic heterocycles. The minimum absolute atomic E-state index is 0.926. The lowest BCUT2D eigenvalue weighted by Gasteiger charge is -2.21. The van der Waals surface area contributed by atoms with Gasteiger partial charge in [0, 0.05) is 13.2 Å². The first-order valence-corrected chi connectivity index (χ1v) is 5.98. The second kappa shape index (κ2) is 4.45. The van der Waals surface area contributed by atoms with Crippen LogP contribution in [0.1, 0.15) is 45.4 Å². The number of hydrogen-bond acceptors (Lipinski definition) is 1. The second-order valence-corrected chi connectivity index (χ2v) is 4.86. The molecule has 1 nitrogen and oxygen atoms in total. The van der Waals surface area contributed by atoms with Crippen molar-refractivity contribution < 1.29 is 4.74 Å². The third-order valence-electron chi connectivity index (χ3n) is 3.86. The Bertz CT molecular complexity index is 155. The molecule has 2 bridgehead atoms. The summed E-state index contributed by atoms with van der Waals surface area (Å²) >= 11 is 0. The number of rotatable bonds is 5. The summed E-state index contributed by atoms with van der Waals surface area (Å²) in [6.45, 7) is 4.27. The lowest BCUT2D eigenvalue weighted by Crippen LogP contribution is -2.17. The highest BCUT2D eigenvalue weighted by Crippen LogP contribution is 2.48. The summed E-state index contributed by atoms with van der Waals surface area (Å²) in [6.07, 6.45) is 8.48. The molecule has 0 amide bonds. The number of fused-ring (bicyclic) bond motifs is 2. The Hall–Kier alpha value is -0.0400. The molecule has 0 aromatic carbocycles. The lowest BCUT2D eigenvalue weighted by molar-refractivity contribution is 0.0768. The van der Waals surface area contributed by atoms with Crippen LogP contribution < -0.4 is 0 Å². The quantitative estimate of drug-likeness (QED) is 0.593. The summed E-state index contributed by atoms with van der Waals surface area (Å²) in [6, 6.07) is 0. The van der Waals surface area contributed by atoms with Gasteiger partial charge in [-0.1, -0.05) is 19.8 Å². The summed E-state index contributed by atoms with van der Waals surface area (Å²) < 4.78 is 5.71. The Morgan fingerprint density at radius 3 is 2.77 bits per heavy atom. The molecule has 76 valence electrons. The number of ether oxygens (including phenoxy) is 1. The maximum Gasteiger partial charge on any atom is 0.0497 e. The molecule has 0 radical (unpaired) electrons. The second-order valence-electron chi connectivity index (χ2n) is 4.86. The van der Waals surface area contributed by atoms with Crippen LogP contribution in [0.25, 0.3) is 0 Å². The van der Waals surface area contributed by atoms with Gasteiger partial charge in [0.25, 0.3) is 0 Å². The molecule has 2 rings (SSSR count). The predicted octanol–water partition coefficient (Wildman–Crippen LogP) is 3.24. The first kappa shape index (κ1) is 9.51. The minimum atomic E-state index is 0.926. The van der Waals surface area contributed by atoms with Crippen LogP contribution in [0.15, 0.2) is 0 Å². The molecule has 2 aliphatic rings. The Balaban J connectivity index is 1.60. The van der Waals surface area contributed by atoms with Crippen molar-refractivity contribution in [1.29, 1.82) is 0 Å². The standard InChI is InChI=1S/C12H22O/c1-2-3-6-13-9-12-8-10-4-5-11(12)7-10/h10-12H,2-9H2,1H3/t10-,11+,12-/m0/s1. The zero-order valence-corrected chi connectivity index (χ0v) is 8.80. The van der Waals surface area contributed by atoms with Crippen LogP contribution in [0.5, 0.6) is 0 Å². The first-order chi connectivity index (χ1) is 6.40. The average molecular weight is 182 g/mol. The fourth-order valence-corrected chi connectivity index (χ4v) is 3.06. The van der Waals surface area contributed by atoms with Crippen LogP contribution in [0.2, 0.25) is 0 Å². The van der Waals surface area contributed by atoms with Gasteiger partial charge in [0.1, 0.15) is 0 Å². The zero-order chi connectivity index (χ0) is 9.10. The molecule has 0 spiro atoms. The van der Waals surface area contributed by atoms with Crippen molar-refractivity contribution in [2.24, 2.45) is 17.8 Å². The van der Waals surface area contributed by atoms with Crippen LogP contribution in [-0.2, 0) is 4.74 Å². The van der Waals surface area contributed by atoms with Crippen molar-refractivity contribution in [1.82, 2.24) is 0 Å². The summed E-state index contributed by atoms with van der Waals surface area (Å²) in [4.78, 5) is 0. The monoisotopic (exact) mass is 182 g/mol. The summed E-state index contributed by atoms with van der Waals surface area (Å²) in [7, 11) is 0. The smallest absolute Gasteiger partial charge is 0.0497 e. The number of unbranched alkanes of at least 4 members (excludes halogenated alkanes) is 1. The highest BCUT2D eigenvalue weighted by Gasteiger charge is 2.39. The zero-order valence-electron chi connectivity index (χ0n) is 8.80. The van der Waals surface area contributed by atoms with Crippen molar-refractivity contribution in [3.63, 3.8) is 0 Å². The molecule has 0 unspecified atom stereocenters. The molecular formula is C12H22O. The van der Waals surface area contributed by atoms with E-state index in [-0.39, 0.29) is 0 Å². The summed E-state index contributed by atoms with van der Waals surface area (Å²) in [5.41, 5.74) is 0. The van der Waals surface area contributed by atoms with Gasteiger partial charge in [0.15, 0.2) is 0 Å². The Kier molecular flexibility index (Phi) is 3.26. The van der Waals surface area contributed by atoms with E-state index in [1.54, 1.807) is 0 Å². The Morgan fingerprint density at radius 2 is 2.15 bits per heavy atom. The molecule has 0 heterocycles. The maximum absolute atomic E-state index is 5.71. The SMILES string of the molecule is CCCCOC[C@@H]1C[C@H]2CC[C@@H]1C2. The van der Waals surface area contributed by atoms with E-state index >= 15 is 0 Å². The average Bonchev–Trinajstić information content (AvgIpc) is 2.73. The van der Waals surface area contributed by atoms with E-state index in [0.29, 0.717) is 0 Å². The van der Waals surface area contributed by atoms with Crippen molar-refractivity contribution in [3.05, 3.63) is 0 Å². The molecule has 2 aliphatic carbocycles. The summed E-state index contributed by atoms with van der Waals surface area (Å²) in [5, 5.41) is 0. The molecule has 2 fully saturated rings. The molecule has 0 saturated heterocycles. The topological polar surface area (TPSA) is 9.23 Å². The highest BCUT2D eigenvalue weighted by atomic mass is 16.5. The Morgan fingerprint density at radius 1 is 1.23 bits per heavy atom. The van der Waals surface area contributed by atoms with E-state index in [4.69, 9.17) is 4.74 Å². The van der Waals surface area contributed by atoms with Gasteiger partial charge in [-0.3, -0.25) is 0 Å². The van der Waals surface area contributed by atoms with Crippen LogP contribution in [-0.4, -0.2) is 13.2 Å². The van der Waals surface area contributed by atoms with E-state index < -0.39 is 0 Å². The van der Waals surface area contributed by atoms with Gasteiger partial charge in [-0.25, -0.2) is 0 Å². The van der Waals surface area contributed by atoms with Crippen molar-refractivity contribution >= 4 is 0 Å². The van der Waals surface area contributed by atoms with Crippen molar-refractivity contribution in [3.8, 4) is 0 Å². The van der Waals surface area contributed by atoms with E-state index in [9.17, 15) is 0 Å². The molecule has 1 heteroatoms. The van der Waals surface area contributed by atoms with Gasteiger partial charge in [-0.2, -0.15) is 0 Å². The third kappa shape index (κ3) is 2.25. The van der Waals surface area contributed by atoms with Crippen LogP contribution >= 0.6 is 0 Å². The van der Waals surface area contributed by atoms with E-state index in [2.05, 4.69) is 6.92 Å². The molecular weight excluding hydrogens is 160 g/mol. The Labute approximate surface area is 81.9 Å². The molecule has 3 atom stereocenters. The summed E-state index contributed by atoms with van der Waals surface area (Å²) in [5.74, 6) is 3.03. The van der Waals surface area contributed by atoms with Crippen LogP contribution in [0, 0.1) is 17.8 Å². The molecule has 0 aromatic rings. The maximum atomic E-state index is 5.71. The predicted molar refractivity (Wildman–Crippen MR) is 54.7 cm³/mol. The molecule has 0 aliphatic heterocycles. The molecule has 2 saturated carbocycles. The van der Waals surface area contributed by atoms with Gasteiger partial charge in [-0.15, -0.1) is 0 Å². The van der Waals surface area contributed by atoms with Crippen molar-refractivity contribution in [2.45, 2.75) is 45.4 Å². The fraction of sp³-hybridized carbons (Fsp3) is 1.00. The largest absolute Gasteiger partial charge is 0.381 e. The fourth-order valence-electron chi connectivity index (χ4n) is 3.06.